The minimum absolute atomic E-state index is 0.0237. The molecule has 5 nitrogen and oxygen atoms in total. The van der Waals surface area contributed by atoms with Crippen molar-refractivity contribution in [3.63, 3.8) is 0 Å². The molecule has 1 aliphatic heterocycles. The highest BCUT2D eigenvalue weighted by atomic mass is 19.1. The van der Waals surface area contributed by atoms with Gasteiger partial charge in [0.05, 0.1) is 25.3 Å². The van der Waals surface area contributed by atoms with Gasteiger partial charge in [0, 0.05) is 32.0 Å². The molecule has 138 valence electrons. The summed E-state index contributed by atoms with van der Waals surface area (Å²) in [6.07, 6.45) is -0.0619. The molecule has 1 atom stereocenters. The van der Waals surface area contributed by atoms with Crippen LogP contribution in [0.1, 0.15) is 23.1 Å². The number of rotatable bonds is 4. The quantitative estimate of drug-likeness (QED) is 0.844. The minimum atomic E-state index is -0.324. The maximum absolute atomic E-state index is 13.3. The third-order valence-corrected chi connectivity index (χ3v) is 4.47. The van der Waals surface area contributed by atoms with Crippen LogP contribution in [-0.4, -0.2) is 49.6 Å². The van der Waals surface area contributed by atoms with Gasteiger partial charge in [-0.1, -0.05) is 12.1 Å². The summed E-state index contributed by atoms with van der Waals surface area (Å²) in [4.78, 5) is 21.0. The number of carbonyl (C=O) groups excluding carboxylic acids is 1. The van der Waals surface area contributed by atoms with Crippen LogP contribution in [0.3, 0.4) is 0 Å². The van der Waals surface area contributed by atoms with Crippen molar-refractivity contribution in [2.45, 2.75) is 19.4 Å². The van der Waals surface area contributed by atoms with E-state index in [0.717, 1.165) is 17.1 Å². The van der Waals surface area contributed by atoms with Gasteiger partial charge in [-0.05, 0) is 36.8 Å². The lowest BCUT2D eigenvalue weighted by molar-refractivity contribution is -0.138. The summed E-state index contributed by atoms with van der Waals surface area (Å²) in [5.74, 6) is -0.347. The van der Waals surface area contributed by atoms with Gasteiger partial charge in [0.15, 0.2) is 0 Å². The maximum Gasteiger partial charge on any atom is 0.227 e. The Hall–Kier alpha value is -2.47. The number of hydrogen-bond acceptors (Lipinski definition) is 4. The number of aryl methyl sites for hydroxylation is 1. The molecule has 1 aromatic heterocycles. The molecular weight excluding hydrogens is 333 g/mol. The number of nitrogens with zero attached hydrogens (tertiary/aromatic N) is 3. The zero-order valence-electron chi connectivity index (χ0n) is 15.4. The van der Waals surface area contributed by atoms with Crippen LogP contribution in [-0.2, 0) is 16.0 Å². The lowest BCUT2D eigenvalue weighted by Crippen LogP contribution is -2.43. The Balaban J connectivity index is 1.72. The SMILES string of the molecule is Cc1cc(N(C)C)cc([C@H]2CN(C(=O)Cc3cccc(F)c3)CCO2)n1. The van der Waals surface area contributed by atoms with Crippen molar-refractivity contribution >= 4 is 11.6 Å². The van der Waals surface area contributed by atoms with Crippen molar-refractivity contribution in [3.05, 3.63) is 59.2 Å². The molecular formula is C20H24FN3O2. The molecule has 0 spiro atoms. The van der Waals surface area contributed by atoms with E-state index >= 15 is 0 Å². The highest BCUT2D eigenvalue weighted by molar-refractivity contribution is 5.79. The van der Waals surface area contributed by atoms with Gasteiger partial charge in [-0.3, -0.25) is 9.78 Å². The molecule has 1 amide bonds. The second kappa shape index (κ2) is 7.83. The normalized spacial score (nSPS) is 17.2. The van der Waals surface area contributed by atoms with Gasteiger partial charge in [-0.25, -0.2) is 4.39 Å². The molecule has 1 aromatic carbocycles. The Bertz CT molecular complexity index is 794. The molecule has 0 radical (unpaired) electrons. The van der Waals surface area contributed by atoms with Crippen LogP contribution in [0.2, 0.25) is 0 Å². The van der Waals surface area contributed by atoms with Gasteiger partial charge in [0.25, 0.3) is 0 Å². The van der Waals surface area contributed by atoms with Crippen LogP contribution >= 0.6 is 0 Å². The number of pyridine rings is 1. The van der Waals surface area contributed by atoms with E-state index in [1.54, 1.807) is 17.0 Å². The van der Waals surface area contributed by atoms with Gasteiger partial charge in [0.2, 0.25) is 5.91 Å². The summed E-state index contributed by atoms with van der Waals surface area (Å²) in [6.45, 7) is 3.41. The lowest BCUT2D eigenvalue weighted by atomic mass is 10.1. The summed E-state index contributed by atoms with van der Waals surface area (Å²) in [5, 5.41) is 0. The van der Waals surface area contributed by atoms with E-state index in [1.165, 1.54) is 12.1 Å². The molecule has 1 aliphatic rings. The Kier molecular flexibility index (Phi) is 5.52. The van der Waals surface area contributed by atoms with Crippen molar-refractivity contribution in [2.75, 3.05) is 38.7 Å². The number of aromatic nitrogens is 1. The van der Waals surface area contributed by atoms with E-state index in [1.807, 2.05) is 38.1 Å². The second-order valence-electron chi connectivity index (χ2n) is 6.79. The summed E-state index contributed by atoms with van der Waals surface area (Å²) < 4.78 is 19.2. The van der Waals surface area contributed by atoms with Crippen LogP contribution in [0.25, 0.3) is 0 Å². The Labute approximate surface area is 153 Å². The maximum atomic E-state index is 13.3. The van der Waals surface area contributed by atoms with E-state index in [2.05, 4.69) is 4.98 Å². The van der Waals surface area contributed by atoms with Crippen molar-refractivity contribution in [3.8, 4) is 0 Å². The molecule has 6 heteroatoms. The molecule has 0 bridgehead atoms. The number of carbonyl (C=O) groups is 1. The van der Waals surface area contributed by atoms with E-state index < -0.39 is 0 Å². The average molecular weight is 357 g/mol. The van der Waals surface area contributed by atoms with Crippen molar-refractivity contribution < 1.29 is 13.9 Å². The van der Waals surface area contributed by atoms with Gasteiger partial charge >= 0.3 is 0 Å². The molecule has 0 saturated carbocycles. The van der Waals surface area contributed by atoms with Gasteiger partial charge in [-0.2, -0.15) is 0 Å². The zero-order valence-corrected chi connectivity index (χ0v) is 15.4. The van der Waals surface area contributed by atoms with Crippen molar-refractivity contribution in [1.29, 1.82) is 0 Å². The van der Waals surface area contributed by atoms with Crippen LogP contribution in [0.5, 0.6) is 0 Å². The standard InChI is InChI=1S/C20H24FN3O2/c1-14-9-17(23(2)3)12-18(22-14)19-13-24(7-8-26-19)20(25)11-15-5-4-6-16(21)10-15/h4-6,9-10,12,19H,7-8,11,13H2,1-3H3/t19-/m1/s1. The lowest BCUT2D eigenvalue weighted by Gasteiger charge is -2.33. The third-order valence-electron chi connectivity index (χ3n) is 4.47. The van der Waals surface area contributed by atoms with Crippen molar-refractivity contribution in [2.24, 2.45) is 0 Å². The minimum Gasteiger partial charge on any atom is -0.378 e. The Morgan fingerprint density at radius 1 is 1.35 bits per heavy atom. The molecule has 2 aromatic rings. The number of benzene rings is 1. The van der Waals surface area contributed by atoms with E-state index in [0.29, 0.717) is 25.3 Å². The average Bonchev–Trinajstić information content (AvgIpc) is 2.61. The fourth-order valence-corrected chi connectivity index (χ4v) is 3.09. The molecule has 0 unspecified atom stereocenters. The summed E-state index contributed by atoms with van der Waals surface area (Å²) in [5.41, 5.74) is 3.48. The Morgan fingerprint density at radius 2 is 2.15 bits per heavy atom. The number of amides is 1. The monoisotopic (exact) mass is 357 g/mol. The number of morpholine rings is 1. The van der Waals surface area contributed by atoms with Crippen LogP contribution in [0, 0.1) is 12.7 Å². The van der Waals surface area contributed by atoms with Gasteiger partial charge in [-0.15, -0.1) is 0 Å². The summed E-state index contributed by atoms with van der Waals surface area (Å²) in [6, 6.07) is 10.2. The van der Waals surface area contributed by atoms with Crippen molar-refractivity contribution in [1.82, 2.24) is 9.88 Å². The highest BCUT2D eigenvalue weighted by Crippen LogP contribution is 2.25. The van der Waals surface area contributed by atoms with Gasteiger partial charge < -0.3 is 14.5 Å². The molecule has 0 aliphatic carbocycles. The topological polar surface area (TPSA) is 45.7 Å². The zero-order chi connectivity index (χ0) is 18.7. The largest absolute Gasteiger partial charge is 0.378 e. The molecule has 1 saturated heterocycles. The van der Waals surface area contributed by atoms with E-state index in [9.17, 15) is 9.18 Å². The smallest absolute Gasteiger partial charge is 0.227 e. The number of ether oxygens (including phenoxy) is 1. The Morgan fingerprint density at radius 3 is 2.88 bits per heavy atom. The fourth-order valence-electron chi connectivity index (χ4n) is 3.09. The highest BCUT2D eigenvalue weighted by Gasteiger charge is 2.27. The fraction of sp³-hybridized carbons (Fsp3) is 0.400. The molecule has 0 N–H and O–H groups in total. The predicted octanol–water partition coefficient (Wildman–Crippen LogP) is 2.74. The third kappa shape index (κ3) is 4.38. The first-order valence-electron chi connectivity index (χ1n) is 8.72. The number of halogens is 1. The van der Waals surface area contributed by atoms with Crippen LogP contribution < -0.4 is 4.90 Å². The molecule has 3 rings (SSSR count). The summed E-state index contributed by atoms with van der Waals surface area (Å²) in [7, 11) is 3.96. The van der Waals surface area contributed by atoms with Gasteiger partial charge in [0.1, 0.15) is 11.9 Å². The first-order valence-corrected chi connectivity index (χ1v) is 8.72. The van der Waals surface area contributed by atoms with Crippen LogP contribution in [0.15, 0.2) is 36.4 Å². The number of hydrogen-bond donors (Lipinski definition) is 0. The first-order chi connectivity index (χ1) is 12.4. The molecule has 2 heterocycles. The van der Waals surface area contributed by atoms with Crippen LogP contribution in [0.4, 0.5) is 10.1 Å². The summed E-state index contributed by atoms with van der Waals surface area (Å²) >= 11 is 0. The molecule has 26 heavy (non-hydrogen) atoms. The molecule has 1 fully saturated rings. The van der Waals surface area contributed by atoms with E-state index in [-0.39, 0.29) is 24.2 Å². The van der Waals surface area contributed by atoms with E-state index in [4.69, 9.17) is 4.74 Å². The second-order valence-corrected chi connectivity index (χ2v) is 6.79. The number of anilines is 1. The first kappa shape index (κ1) is 18.3. The predicted molar refractivity (Wildman–Crippen MR) is 98.7 cm³/mol.